The highest BCUT2D eigenvalue weighted by atomic mass is 32.2. The van der Waals surface area contributed by atoms with Crippen LogP contribution in [0.1, 0.15) is 25.3 Å². The van der Waals surface area contributed by atoms with E-state index in [-0.39, 0.29) is 16.4 Å². The molecule has 1 saturated heterocycles. The maximum absolute atomic E-state index is 12.3. The molecule has 0 radical (unpaired) electrons. The highest BCUT2D eigenvalue weighted by Crippen LogP contribution is 2.15. The van der Waals surface area contributed by atoms with Crippen molar-refractivity contribution in [3.05, 3.63) is 29.8 Å². The van der Waals surface area contributed by atoms with E-state index >= 15 is 0 Å². The molecule has 114 valence electrons. The molecule has 1 atom stereocenters. The molecule has 0 spiro atoms. The number of nitriles is 1. The van der Waals surface area contributed by atoms with E-state index in [1.165, 1.54) is 25.0 Å². The van der Waals surface area contributed by atoms with Gasteiger partial charge in [0.1, 0.15) is 6.07 Å². The van der Waals surface area contributed by atoms with Gasteiger partial charge >= 0.3 is 0 Å². The minimum absolute atomic E-state index is 0.0564. The zero-order valence-electron chi connectivity index (χ0n) is 12.2. The molecule has 6 heteroatoms. The zero-order valence-corrected chi connectivity index (χ0v) is 13.1. The van der Waals surface area contributed by atoms with Crippen LogP contribution in [0.3, 0.4) is 0 Å². The van der Waals surface area contributed by atoms with Crippen LogP contribution in [0.2, 0.25) is 0 Å². The summed E-state index contributed by atoms with van der Waals surface area (Å²) in [5, 5.41) is 9.00. The maximum Gasteiger partial charge on any atom is 0.241 e. The van der Waals surface area contributed by atoms with Crippen molar-refractivity contribution in [2.24, 2.45) is 5.92 Å². The lowest BCUT2D eigenvalue weighted by atomic mass is 10.2. The van der Waals surface area contributed by atoms with Crippen molar-refractivity contribution in [3.8, 4) is 6.07 Å². The predicted octanol–water partition coefficient (Wildman–Crippen LogP) is 1.57. The van der Waals surface area contributed by atoms with Gasteiger partial charge in [-0.2, -0.15) is 5.26 Å². The van der Waals surface area contributed by atoms with Crippen LogP contribution in [-0.2, 0) is 10.0 Å². The van der Waals surface area contributed by atoms with E-state index in [4.69, 9.17) is 5.26 Å². The molecular weight excluding hydrogens is 286 g/mol. The third-order valence-electron chi connectivity index (χ3n) is 3.69. The monoisotopic (exact) mass is 307 g/mol. The van der Waals surface area contributed by atoms with Gasteiger partial charge < -0.3 is 4.90 Å². The summed E-state index contributed by atoms with van der Waals surface area (Å²) in [7, 11) is -3.62. The van der Waals surface area contributed by atoms with Gasteiger partial charge in [0.2, 0.25) is 10.0 Å². The molecule has 1 unspecified atom stereocenters. The third-order valence-corrected chi connectivity index (χ3v) is 5.17. The fraction of sp³-hybridized carbons (Fsp3) is 0.533. The Bertz CT molecular complexity index is 616. The standard InChI is InChI=1S/C15H21N3O2S/c1-13(12-18-8-4-5-9-18)11-17-21(19,20)15-7-3-2-6-14(15)10-16/h2-3,6-7,13,17H,4-5,8-9,11-12H2,1H3. The highest BCUT2D eigenvalue weighted by Gasteiger charge is 2.20. The number of hydrogen-bond donors (Lipinski definition) is 1. The van der Waals surface area contributed by atoms with Crippen LogP contribution in [0.4, 0.5) is 0 Å². The number of sulfonamides is 1. The van der Waals surface area contributed by atoms with Crippen LogP contribution in [0.5, 0.6) is 0 Å². The molecule has 0 saturated carbocycles. The Balaban J connectivity index is 1.96. The number of rotatable bonds is 6. The van der Waals surface area contributed by atoms with Crippen molar-refractivity contribution in [1.29, 1.82) is 5.26 Å². The summed E-state index contributed by atoms with van der Waals surface area (Å²) in [5.41, 5.74) is 0.178. The van der Waals surface area contributed by atoms with Crippen LogP contribution in [0.25, 0.3) is 0 Å². The van der Waals surface area contributed by atoms with Crippen molar-refractivity contribution in [3.63, 3.8) is 0 Å². The van der Waals surface area contributed by atoms with Gasteiger partial charge in [-0.25, -0.2) is 13.1 Å². The quantitative estimate of drug-likeness (QED) is 0.866. The second kappa shape index (κ2) is 7.03. The lowest BCUT2D eigenvalue weighted by molar-refractivity contribution is 0.288. The van der Waals surface area contributed by atoms with Crippen molar-refractivity contribution < 1.29 is 8.42 Å². The average molecular weight is 307 g/mol. The van der Waals surface area contributed by atoms with E-state index in [0.29, 0.717) is 6.54 Å². The molecule has 1 heterocycles. The van der Waals surface area contributed by atoms with Crippen LogP contribution in [0.15, 0.2) is 29.2 Å². The molecule has 0 amide bonds. The lowest BCUT2D eigenvalue weighted by Crippen LogP contribution is -2.34. The summed E-state index contributed by atoms with van der Waals surface area (Å²) < 4.78 is 27.2. The summed E-state index contributed by atoms with van der Waals surface area (Å²) in [5.74, 6) is 0.243. The minimum Gasteiger partial charge on any atom is -0.303 e. The maximum atomic E-state index is 12.3. The Kier molecular flexibility index (Phi) is 5.34. The Labute approximate surface area is 126 Å². The molecule has 1 aromatic carbocycles. The normalized spacial score (nSPS) is 17.5. The third kappa shape index (κ3) is 4.27. The largest absolute Gasteiger partial charge is 0.303 e. The Morgan fingerprint density at radius 2 is 2.00 bits per heavy atom. The molecule has 5 nitrogen and oxygen atoms in total. The zero-order chi connectivity index (χ0) is 15.3. The Morgan fingerprint density at radius 1 is 1.33 bits per heavy atom. The van der Waals surface area contributed by atoms with Gasteiger partial charge in [0.05, 0.1) is 10.5 Å². The van der Waals surface area contributed by atoms with Crippen molar-refractivity contribution in [1.82, 2.24) is 9.62 Å². The molecule has 21 heavy (non-hydrogen) atoms. The molecule has 1 aliphatic heterocycles. The highest BCUT2D eigenvalue weighted by molar-refractivity contribution is 7.89. The van der Waals surface area contributed by atoms with E-state index in [0.717, 1.165) is 19.6 Å². The first-order valence-corrected chi connectivity index (χ1v) is 8.72. The number of benzene rings is 1. The summed E-state index contributed by atoms with van der Waals surface area (Å²) in [6, 6.07) is 8.19. The van der Waals surface area contributed by atoms with E-state index in [2.05, 4.69) is 9.62 Å². The SMILES string of the molecule is CC(CNS(=O)(=O)c1ccccc1C#N)CN1CCCC1. The van der Waals surface area contributed by atoms with E-state index in [9.17, 15) is 8.42 Å². The first kappa shape index (κ1) is 16.0. The Hall–Kier alpha value is -1.42. The van der Waals surface area contributed by atoms with E-state index in [1.807, 2.05) is 13.0 Å². The van der Waals surface area contributed by atoms with Gasteiger partial charge in [-0.3, -0.25) is 0 Å². The number of nitrogens with zero attached hydrogens (tertiary/aromatic N) is 2. The molecular formula is C15H21N3O2S. The van der Waals surface area contributed by atoms with Crippen LogP contribution >= 0.6 is 0 Å². The van der Waals surface area contributed by atoms with Crippen molar-refractivity contribution in [2.75, 3.05) is 26.2 Å². The Morgan fingerprint density at radius 3 is 2.67 bits per heavy atom. The summed E-state index contributed by atoms with van der Waals surface area (Å²) in [6.07, 6.45) is 2.46. The van der Waals surface area contributed by atoms with Crippen molar-refractivity contribution in [2.45, 2.75) is 24.7 Å². The molecule has 2 rings (SSSR count). The second-order valence-electron chi connectivity index (χ2n) is 5.57. The van der Waals surface area contributed by atoms with Crippen LogP contribution < -0.4 is 4.72 Å². The fourth-order valence-electron chi connectivity index (χ4n) is 2.59. The minimum atomic E-state index is -3.62. The molecule has 1 aliphatic rings. The average Bonchev–Trinajstić information content (AvgIpc) is 2.98. The molecule has 1 N–H and O–H groups in total. The van der Waals surface area contributed by atoms with E-state index < -0.39 is 10.0 Å². The molecule has 0 aromatic heterocycles. The van der Waals surface area contributed by atoms with Crippen LogP contribution in [0, 0.1) is 17.2 Å². The van der Waals surface area contributed by atoms with Gasteiger partial charge in [0, 0.05) is 13.1 Å². The van der Waals surface area contributed by atoms with E-state index in [1.54, 1.807) is 12.1 Å². The smallest absolute Gasteiger partial charge is 0.241 e. The van der Waals surface area contributed by atoms with Gasteiger partial charge in [-0.05, 0) is 44.0 Å². The first-order chi connectivity index (χ1) is 10.0. The van der Waals surface area contributed by atoms with Crippen LogP contribution in [-0.4, -0.2) is 39.5 Å². The van der Waals surface area contributed by atoms with Gasteiger partial charge in [0.25, 0.3) is 0 Å². The predicted molar refractivity (Wildman–Crippen MR) is 81.2 cm³/mol. The fourth-order valence-corrected chi connectivity index (χ4v) is 3.91. The summed E-state index contributed by atoms with van der Waals surface area (Å²) in [4.78, 5) is 2.42. The molecule has 0 aliphatic carbocycles. The van der Waals surface area contributed by atoms with Crippen molar-refractivity contribution >= 4 is 10.0 Å². The molecule has 1 fully saturated rings. The van der Waals surface area contributed by atoms with Gasteiger partial charge in [0.15, 0.2) is 0 Å². The summed E-state index contributed by atoms with van der Waals surface area (Å²) >= 11 is 0. The topological polar surface area (TPSA) is 73.2 Å². The number of hydrogen-bond acceptors (Lipinski definition) is 4. The molecule has 0 bridgehead atoms. The lowest BCUT2D eigenvalue weighted by Gasteiger charge is -2.20. The van der Waals surface area contributed by atoms with Gasteiger partial charge in [-0.1, -0.05) is 19.1 Å². The summed E-state index contributed by atoms with van der Waals surface area (Å²) in [6.45, 7) is 5.54. The first-order valence-electron chi connectivity index (χ1n) is 7.24. The number of likely N-dealkylation sites (tertiary alicyclic amines) is 1. The van der Waals surface area contributed by atoms with Gasteiger partial charge in [-0.15, -0.1) is 0 Å². The molecule has 1 aromatic rings. The number of nitrogens with one attached hydrogen (secondary N) is 1. The second-order valence-corrected chi connectivity index (χ2v) is 7.31.